The van der Waals surface area contributed by atoms with E-state index in [1.807, 2.05) is 4.90 Å². The molecule has 5 nitrogen and oxygen atoms in total. The molecule has 0 aromatic heterocycles. The van der Waals surface area contributed by atoms with Crippen LogP contribution in [0.1, 0.15) is 47.0 Å². The minimum Gasteiger partial charge on any atom is -0.409 e. The number of nitrogens with zero attached hydrogens (tertiary/aromatic N) is 2. The lowest BCUT2D eigenvalue weighted by molar-refractivity contribution is -0.139. The summed E-state index contributed by atoms with van der Waals surface area (Å²) in [7, 11) is 0. The molecule has 1 aliphatic heterocycles. The molecule has 0 aromatic carbocycles. The minimum absolute atomic E-state index is 0.0311. The van der Waals surface area contributed by atoms with Gasteiger partial charge in [-0.25, -0.2) is 0 Å². The number of amides is 1. The van der Waals surface area contributed by atoms with E-state index in [4.69, 9.17) is 10.9 Å². The Kier molecular flexibility index (Phi) is 4.01. The zero-order valence-electron chi connectivity index (χ0n) is 11.1. The number of hydrogen-bond acceptors (Lipinski definition) is 3. The maximum absolute atomic E-state index is 12.5. The summed E-state index contributed by atoms with van der Waals surface area (Å²) in [4.78, 5) is 14.4. The van der Waals surface area contributed by atoms with Gasteiger partial charge >= 0.3 is 0 Å². The second-order valence-corrected chi connectivity index (χ2v) is 5.31. The normalized spacial score (nSPS) is 26.4. The largest absolute Gasteiger partial charge is 0.409 e. The van der Waals surface area contributed by atoms with Crippen LogP contribution >= 0.6 is 0 Å². The number of hydrogen-bond donors (Lipinski definition) is 2. The summed E-state index contributed by atoms with van der Waals surface area (Å²) in [5, 5.41) is 11.7. The first kappa shape index (κ1) is 13.8. The summed E-state index contributed by atoms with van der Waals surface area (Å²) in [6, 6.07) is 0.515. The maximum Gasteiger partial charge on any atom is 0.236 e. The lowest BCUT2D eigenvalue weighted by Gasteiger charge is -2.34. The van der Waals surface area contributed by atoms with Crippen LogP contribution in [-0.4, -0.2) is 33.9 Å². The maximum atomic E-state index is 12.5. The molecule has 5 heteroatoms. The fourth-order valence-electron chi connectivity index (χ4n) is 2.40. The molecule has 0 radical (unpaired) electrons. The van der Waals surface area contributed by atoms with E-state index in [9.17, 15) is 4.79 Å². The SMILES string of the molecule is CCC1CCC(C)N1C(=O)C(C)(C)C(N)=NO. The Morgan fingerprint density at radius 3 is 2.59 bits per heavy atom. The second-order valence-electron chi connectivity index (χ2n) is 5.31. The average Bonchev–Trinajstić information content (AvgIpc) is 2.67. The van der Waals surface area contributed by atoms with Crippen molar-refractivity contribution in [3.8, 4) is 0 Å². The molecule has 98 valence electrons. The van der Waals surface area contributed by atoms with Gasteiger partial charge in [0.25, 0.3) is 0 Å². The molecule has 0 bridgehead atoms. The van der Waals surface area contributed by atoms with Crippen molar-refractivity contribution in [3.05, 3.63) is 0 Å². The topological polar surface area (TPSA) is 78.9 Å². The Hall–Kier alpha value is -1.26. The Morgan fingerprint density at radius 2 is 2.12 bits per heavy atom. The van der Waals surface area contributed by atoms with Crippen LogP contribution < -0.4 is 5.73 Å². The molecule has 1 saturated heterocycles. The van der Waals surface area contributed by atoms with Gasteiger partial charge in [-0.1, -0.05) is 12.1 Å². The number of carbonyl (C=O) groups is 1. The van der Waals surface area contributed by atoms with Crippen LogP contribution in [0.25, 0.3) is 0 Å². The van der Waals surface area contributed by atoms with Gasteiger partial charge in [0.15, 0.2) is 5.84 Å². The van der Waals surface area contributed by atoms with Gasteiger partial charge < -0.3 is 15.8 Å². The van der Waals surface area contributed by atoms with Crippen molar-refractivity contribution in [1.29, 1.82) is 0 Å². The number of amidine groups is 1. The fourth-order valence-corrected chi connectivity index (χ4v) is 2.40. The first-order valence-electron chi connectivity index (χ1n) is 6.17. The molecule has 0 saturated carbocycles. The highest BCUT2D eigenvalue weighted by atomic mass is 16.4. The van der Waals surface area contributed by atoms with E-state index in [1.54, 1.807) is 13.8 Å². The van der Waals surface area contributed by atoms with Crippen molar-refractivity contribution in [1.82, 2.24) is 4.90 Å². The molecule has 1 heterocycles. The number of likely N-dealkylation sites (tertiary alicyclic amines) is 1. The van der Waals surface area contributed by atoms with Gasteiger partial charge in [-0.15, -0.1) is 0 Å². The van der Waals surface area contributed by atoms with Crippen LogP contribution in [0, 0.1) is 5.41 Å². The van der Waals surface area contributed by atoms with Crippen LogP contribution in [0.4, 0.5) is 0 Å². The third-order valence-corrected chi connectivity index (χ3v) is 3.77. The Balaban J connectivity index is 2.95. The molecule has 0 spiro atoms. The Morgan fingerprint density at radius 1 is 1.53 bits per heavy atom. The van der Waals surface area contributed by atoms with E-state index < -0.39 is 5.41 Å². The predicted octanol–water partition coefficient (Wildman–Crippen LogP) is 1.55. The summed E-state index contributed by atoms with van der Waals surface area (Å²) in [6.45, 7) is 7.53. The van der Waals surface area contributed by atoms with Gasteiger partial charge in [-0.3, -0.25) is 4.79 Å². The zero-order chi connectivity index (χ0) is 13.2. The second kappa shape index (κ2) is 4.94. The van der Waals surface area contributed by atoms with Crippen molar-refractivity contribution in [3.63, 3.8) is 0 Å². The number of oxime groups is 1. The number of carbonyl (C=O) groups excluding carboxylic acids is 1. The van der Waals surface area contributed by atoms with E-state index >= 15 is 0 Å². The average molecular weight is 241 g/mol. The summed E-state index contributed by atoms with van der Waals surface area (Å²) in [5.74, 6) is -0.0823. The Bertz CT molecular complexity index is 326. The standard InChI is InChI=1S/C12H23N3O2/c1-5-9-7-6-8(2)15(9)11(16)12(3,4)10(13)14-17/h8-9,17H,5-7H2,1-4H3,(H2,13,14). The molecule has 0 aromatic rings. The highest BCUT2D eigenvalue weighted by Crippen LogP contribution is 2.31. The highest BCUT2D eigenvalue weighted by molar-refractivity contribution is 6.06. The lowest BCUT2D eigenvalue weighted by Crippen LogP contribution is -2.51. The third kappa shape index (κ3) is 2.37. The van der Waals surface area contributed by atoms with Gasteiger partial charge in [0.1, 0.15) is 5.41 Å². The van der Waals surface area contributed by atoms with E-state index in [0.717, 1.165) is 19.3 Å². The summed E-state index contributed by atoms with van der Waals surface area (Å²) < 4.78 is 0. The third-order valence-electron chi connectivity index (χ3n) is 3.77. The van der Waals surface area contributed by atoms with Crippen LogP contribution in [-0.2, 0) is 4.79 Å². The van der Waals surface area contributed by atoms with Crippen molar-refractivity contribution >= 4 is 11.7 Å². The number of rotatable bonds is 3. The molecule has 2 atom stereocenters. The Labute approximate surface area is 103 Å². The lowest BCUT2D eigenvalue weighted by atomic mass is 9.89. The van der Waals surface area contributed by atoms with Crippen molar-refractivity contribution in [2.75, 3.05) is 0 Å². The van der Waals surface area contributed by atoms with Crippen LogP contribution in [0.5, 0.6) is 0 Å². The first-order chi connectivity index (χ1) is 7.86. The van der Waals surface area contributed by atoms with Gasteiger partial charge in [0.2, 0.25) is 5.91 Å². The summed E-state index contributed by atoms with van der Waals surface area (Å²) in [5.41, 5.74) is 4.66. The monoisotopic (exact) mass is 241 g/mol. The molecular weight excluding hydrogens is 218 g/mol. The summed E-state index contributed by atoms with van der Waals surface area (Å²) >= 11 is 0. The van der Waals surface area contributed by atoms with Crippen molar-refractivity contribution in [2.45, 2.75) is 59.0 Å². The molecular formula is C12H23N3O2. The molecule has 1 amide bonds. The molecule has 17 heavy (non-hydrogen) atoms. The van der Waals surface area contributed by atoms with E-state index in [2.05, 4.69) is 19.0 Å². The zero-order valence-corrected chi connectivity index (χ0v) is 11.1. The molecule has 1 fully saturated rings. The molecule has 1 aliphatic rings. The predicted molar refractivity (Wildman–Crippen MR) is 66.8 cm³/mol. The molecule has 0 aliphatic carbocycles. The summed E-state index contributed by atoms with van der Waals surface area (Å²) in [6.07, 6.45) is 3.01. The highest BCUT2D eigenvalue weighted by Gasteiger charge is 2.42. The van der Waals surface area contributed by atoms with Gasteiger partial charge in [-0.05, 0) is 40.0 Å². The van der Waals surface area contributed by atoms with Gasteiger partial charge in [0, 0.05) is 12.1 Å². The van der Waals surface area contributed by atoms with Gasteiger partial charge in [0.05, 0.1) is 0 Å². The molecule has 3 N–H and O–H groups in total. The van der Waals surface area contributed by atoms with E-state index in [0.29, 0.717) is 0 Å². The van der Waals surface area contributed by atoms with Crippen LogP contribution in [0.2, 0.25) is 0 Å². The fraction of sp³-hybridized carbons (Fsp3) is 0.833. The number of nitrogens with two attached hydrogens (primary N) is 1. The van der Waals surface area contributed by atoms with Crippen molar-refractivity contribution < 1.29 is 10.0 Å². The van der Waals surface area contributed by atoms with Crippen LogP contribution in [0.3, 0.4) is 0 Å². The van der Waals surface area contributed by atoms with Gasteiger partial charge in [-0.2, -0.15) is 0 Å². The van der Waals surface area contributed by atoms with Crippen LogP contribution in [0.15, 0.2) is 5.16 Å². The van der Waals surface area contributed by atoms with E-state index in [-0.39, 0.29) is 23.8 Å². The smallest absolute Gasteiger partial charge is 0.236 e. The quantitative estimate of drug-likeness (QED) is 0.340. The van der Waals surface area contributed by atoms with E-state index in [1.165, 1.54) is 0 Å². The molecule has 1 rings (SSSR count). The minimum atomic E-state index is -0.944. The first-order valence-corrected chi connectivity index (χ1v) is 6.17. The molecule has 2 unspecified atom stereocenters. The van der Waals surface area contributed by atoms with Crippen molar-refractivity contribution in [2.24, 2.45) is 16.3 Å².